The van der Waals surface area contributed by atoms with E-state index in [9.17, 15) is 13.2 Å². The lowest BCUT2D eigenvalue weighted by Crippen LogP contribution is -2.36. The molecule has 0 bridgehead atoms. The van der Waals surface area contributed by atoms with E-state index in [1.54, 1.807) is 29.2 Å². The molecule has 0 saturated carbocycles. The lowest BCUT2D eigenvalue weighted by molar-refractivity contribution is 0.0725. The number of rotatable bonds is 4. The number of hydrogen-bond acceptors (Lipinski definition) is 6. The number of piperidine rings is 1. The average Bonchev–Trinajstić information content (AvgIpc) is 3.16. The van der Waals surface area contributed by atoms with E-state index in [0.717, 1.165) is 24.0 Å². The van der Waals surface area contributed by atoms with E-state index >= 15 is 0 Å². The van der Waals surface area contributed by atoms with Crippen LogP contribution in [0.5, 0.6) is 0 Å². The van der Waals surface area contributed by atoms with Gasteiger partial charge < -0.3 is 4.90 Å². The number of nitrogens with one attached hydrogen (secondary N) is 1. The van der Waals surface area contributed by atoms with Crippen molar-refractivity contribution in [1.29, 1.82) is 0 Å². The maximum absolute atomic E-state index is 13.0. The number of carbonyl (C=O) groups excluding carboxylic acids is 1. The second-order valence-electron chi connectivity index (χ2n) is 6.50. The molecule has 1 aliphatic heterocycles. The molecule has 0 spiro atoms. The number of anilines is 1. The van der Waals surface area contributed by atoms with Gasteiger partial charge >= 0.3 is 0 Å². The minimum atomic E-state index is -4.00. The van der Waals surface area contributed by atoms with Crippen LogP contribution in [0.15, 0.2) is 46.2 Å². The number of benzene rings is 1. The van der Waals surface area contributed by atoms with E-state index in [1.165, 1.54) is 23.9 Å². The zero-order valence-corrected chi connectivity index (χ0v) is 18.0. The highest BCUT2D eigenvalue weighted by Crippen LogP contribution is 2.29. The third-order valence-electron chi connectivity index (χ3n) is 4.60. The van der Waals surface area contributed by atoms with Crippen LogP contribution in [0.3, 0.4) is 0 Å². The van der Waals surface area contributed by atoms with Crippen LogP contribution in [0.4, 0.5) is 5.69 Å². The Morgan fingerprint density at radius 2 is 1.96 bits per heavy atom. The Labute approximate surface area is 175 Å². The van der Waals surface area contributed by atoms with Gasteiger partial charge in [-0.15, -0.1) is 0 Å². The molecule has 146 valence electrons. The minimum absolute atomic E-state index is 0.102. The molecule has 3 heterocycles. The molecule has 0 radical (unpaired) electrons. The third-order valence-corrected chi connectivity index (χ3v) is 7.18. The van der Waals surface area contributed by atoms with Gasteiger partial charge in [0.15, 0.2) is 5.03 Å². The summed E-state index contributed by atoms with van der Waals surface area (Å²) >= 11 is 4.56. The molecule has 3 aromatic rings. The molecule has 7 nitrogen and oxygen atoms in total. The molecule has 4 rings (SSSR count). The number of carbonyl (C=O) groups is 1. The maximum Gasteiger partial charge on any atom is 0.280 e. The summed E-state index contributed by atoms with van der Waals surface area (Å²) in [5.41, 5.74) is 0.552. The van der Waals surface area contributed by atoms with Gasteiger partial charge in [-0.25, -0.2) is 4.98 Å². The molecular weight excluding hydrogens is 464 g/mol. The smallest absolute Gasteiger partial charge is 0.280 e. The molecule has 1 aromatic carbocycles. The van der Waals surface area contributed by atoms with Crippen molar-refractivity contribution in [2.24, 2.45) is 0 Å². The highest BCUT2D eigenvalue weighted by atomic mass is 79.9. The summed E-state index contributed by atoms with van der Waals surface area (Å²) in [5, 5.41) is 0.356. The maximum atomic E-state index is 13.0. The Morgan fingerprint density at radius 3 is 2.75 bits per heavy atom. The van der Waals surface area contributed by atoms with Gasteiger partial charge in [0, 0.05) is 23.8 Å². The second kappa shape index (κ2) is 7.76. The zero-order chi connectivity index (χ0) is 19.7. The lowest BCUT2D eigenvalue weighted by atomic mass is 10.1. The van der Waals surface area contributed by atoms with Gasteiger partial charge in [-0.3, -0.25) is 9.52 Å². The fourth-order valence-electron chi connectivity index (χ4n) is 3.23. The van der Waals surface area contributed by atoms with Crippen LogP contribution >= 0.6 is 27.5 Å². The Morgan fingerprint density at radius 1 is 1.18 bits per heavy atom. The van der Waals surface area contributed by atoms with Crippen LogP contribution in [0.2, 0.25) is 0 Å². The molecule has 1 aliphatic rings. The summed E-state index contributed by atoms with van der Waals surface area (Å²) in [6, 6.07) is 6.69. The molecule has 1 saturated heterocycles. The van der Waals surface area contributed by atoms with E-state index in [-0.39, 0.29) is 16.6 Å². The van der Waals surface area contributed by atoms with E-state index < -0.39 is 10.0 Å². The molecule has 10 heteroatoms. The van der Waals surface area contributed by atoms with Crippen LogP contribution in [0, 0.1) is 0 Å². The Bertz CT molecular complexity index is 1140. The second-order valence-corrected chi connectivity index (χ2v) is 9.85. The van der Waals surface area contributed by atoms with Crippen molar-refractivity contribution in [2.45, 2.75) is 24.3 Å². The monoisotopic (exact) mass is 480 g/mol. The van der Waals surface area contributed by atoms with Crippen molar-refractivity contribution in [3.05, 3.63) is 46.7 Å². The standard InChI is InChI=1S/C18H17BrN4O3S2/c19-12-4-5-13(18(24)23-8-2-1-3-9-23)15(10-12)22-28(25,26)17-14-11-21-27-16(14)6-7-20-17/h4-7,10-11,22H,1-3,8-9H2. The molecule has 0 aliphatic carbocycles. The normalized spacial score (nSPS) is 15.0. The number of likely N-dealkylation sites (tertiary alicyclic amines) is 1. The molecular formula is C18H17BrN4O3S2. The lowest BCUT2D eigenvalue weighted by Gasteiger charge is -2.27. The van der Waals surface area contributed by atoms with Crippen molar-refractivity contribution in [3.63, 3.8) is 0 Å². The van der Waals surface area contributed by atoms with Crippen LogP contribution in [-0.2, 0) is 10.0 Å². The topological polar surface area (TPSA) is 92.3 Å². The van der Waals surface area contributed by atoms with Crippen molar-refractivity contribution in [3.8, 4) is 0 Å². The first-order chi connectivity index (χ1) is 13.5. The number of sulfonamides is 1. The van der Waals surface area contributed by atoms with E-state index in [4.69, 9.17) is 0 Å². The van der Waals surface area contributed by atoms with E-state index in [0.29, 0.717) is 28.5 Å². The molecule has 28 heavy (non-hydrogen) atoms. The van der Waals surface area contributed by atoms with Gasteiger partial charge in [0.25, 0.3) is 15.9 Å². The fourth-order valence-corrected chi connectivity index (χ4v) is 5.51. The van der Waals surface area contributed by atoms with Crippen LogP contribution in [0.1, 0.15) is 29.6 Å². The van der Waals surface area contributed by atoms with Gasteiger partial charge in [0.05, 0.1) is 27.5 Å². The molecule has 2 aromatic heterocycles. The summed E-state index contributed by atoms with van der Waals surface area (Å²) in [4.78, 5) is 18.8. The number of amides is 1. The van der Waals surface area contributed by atoms with Crippen LogP contribution < -0.4 is 4.72 Å². The summed E-state index contributed by atoms with van der Waals surface area (Å²) in [7, 11) is -4.00. The summed E-state index contributed by atoms with van der Waals surface area (Å²) in [6.07, 6.45) is 5.95. The van der Waals surface area contributed by atoms with E-state index in [1.807, 2.05) is 0 Å². The molecule has 0 atom stereocenters. The summed E-state index contributed by atoms with van der Waals surface area (Å²) in [5.74, 6) is -0.173. The quantitative estimate of drug-likeness (QED) is 0.611. The van der Waals surface area contributed by atoms with Gasteiger partial charge in [0.1, 0.15) is 0 Å². The van der Waals surface area contributed by atoms with Gasteiger partial charge in [-0.2, -0.15) is 12.8 Å². The first-order valence-electron chi connectivity index (χ1n) is 8.77. The number of aromatic nitrogens is 2. The van der Waals surface area contributed by atoms with Crippen molar-refractivity contribution in [2.75, 3.05) is 17.8 Å². The van der Waals surface area contributed by atoms with Crippen molar-refractivity contribution in [1.82, 2.24) is 14.3 Å². The SMILES string of the molecule is O=C(c1ccc(Br)cc1NS(=O)(=O)c1nccc2sncc12)N1CCCCC1. The Kier molecular flexibility index (Phi) is 5.35. The van der Waals surface area contributed by atoms with Crippen molar-refractivity contribution < 1.29 is 13.2 Å². The number of halogens is 1. The van der Waals surface area contributed by atoms with Gasteiger partial charge in [-0.1, -0.05) is 15.9 Å². The third kappa shape index (κ3) is 3.76. The summed E-state index contributed by atoms with van der Waals surface area (Å²) in [6.45, 7) is 1.37. The molecule has 0 unspecified atom stereocenters. The van der Waals surface area contributed by atoms with Crippen LogP contribution in [-0.4, -0.2) is 41.7 Å². The predicted octanol–water partition coefficient (Wildman–Crippen LogP) is 3.88. The highest BCUT2D eigenvalue weighted by Gasteiger charge is 2.25. The fraction of sp³-hybridized carbons (Fsp3) is 0.278. The van der Waals surface area contributed by atoms with E-state index in [2.05, 4.69) is 30.0 Å². The van der Waals surface area contributed by atoms with Gasteiger partial charge in [-0.05, 0) is 55.1 Å². The summed E-state index contributed by atoms with van der Waals surface area (Å²) < 4.78 is 34.1. The largest absolute Gasteiger partial charge is 0.339 e. The Balaban J connectivity index is 1.72. The van der Waals surface area contributed by atoms with Crippen LogP contribution in [0.25, 0.3) is 10.1 Å². The molecule has 1 N–H and O–H groups in total. The number of pyridine rings is 1. The average molecular weight is 481 g/mol. The molecule has 1 amide bonds. The number of hydrogen-bond donors (Lipinski definition) is 1. The zero-order valence-electron chi connectivity index (χ0n) is 14.8. The minimum Gasteiger partial charge on any atom is -0.339 e. The predicted molar refractivity (Wildman–Crippen MR) is 112 cm³/mol. The first-order valence-corrected chi connectivity index (χ1v) is 11.8. The number of nitrogens with zero attached hydrogens (tertiary/aromatic N) is 3. The van der Waals surface area contributed by atoms with Gasteiger partial charge in [0.2, 0.25) is 0 Å². The number of fused-ring (bicyclic) bond motifs is 1. The molecule has 1 fully saturated rings. The first kappa shape index (κ1) is 19.3. The van der Waals surface area contributed by atoms with Crippen molar-refractivity contribution >= 4 is 59.2 Å². The Hall–Kier alpha value is -2.04. The highest BCUT2D eigenvalue weighted by molar-refractivity contribution is 9.10.